The van der Waals surface area contributed by atoms with Gasteiger partial charge in [-0.3, -0.25) is 9.59 Å². The molecule has 2 aromatic heterocycles. The molecular formula is C23H20N4O2S. The molecule has 0 radical (unpaired) electrons. The highest BCUT2D eigenvalue weighted by Gasteiger charge is 2.12. The highest BCUT2D eigenvalue weighted by atomic mass is 32.1. The molecule has 6 nitrogen and oxygen atoms in total. The second-order valence-corrected chi connectivity index (χ2v) is 8.12. The largest absolute Gasteiger partial charge is 0.360 e. The Morgan fingerprint density at radius 2 is 1.83 bits per heavy atom. The summed E-state index contributed by atoms with van der Waals surface area (Å²) in [5, 5.41) is 7.97. The first-order chi connectivity index (χ1) is 14.5. The maximum absolute atomic E-state index is 12.5. The monoisotopic (exact) mass is 416 g/mol. The molecule has 0 bridgehead atoms. The Labute approximate surface area is 177 Å². The molecule has 2 amide bonds. The molecule has 0 unspecified atom stereocenters. The van der Waals surface area contributed by atoms with Crippen LogP contribution in [0.3, 0.4) is 0 Å². The highest BCUT2D eigenvalue weighted by molar-refractivity contribution is 7.14. The van der Waals surface area contributed by atoms with Crippen molar-refractivity contribution in [1.82, 2.24) is 10.4 Å². The molecule has 3 N–H and O–H groups in total. The van der Waals surface area contributed by atoms with Gasteiger partial charge in [0.2, 0.25) is 0 Å². The maximum atomic E-state index is 12.5. The van der Waals surface area contributed by atoms with Gasteiger partial charge in [0, 0.05) is 27.7 Å². The quantitative estimate of drug-likeness (QED) is 0.318. The lowest BCUT2D eigenvalue weighted by Crippen LogP contribution is -2.19. The zero-order valence-corrected chi connectivity index (χ0v) is 17.3. The number of carbonyl (C=O) groups is 2. The molecule has 0 saturated carbocycles. The molecule has 0 aliphatic carbocycles. The summed E-state index contributed by atoms with van der Waals surface area (Å²) in [5.41, 5.74) is 6.14. The average Bonchev–Trinajstić information content (AvgIpc) is 3.38. The van der Waals surface area contributed by atoms with Crippen molar-refractivity contribution in [3.63, 3.8) is 0 Å². The van der Waals surface area contributed by atoms with E-state index in [2.05, 4.69) is 20.8 Å². The van der Waals surface area contributed by atoms with Gasteiger partial charge in [0.15, 0.2) is 0 Å². The van der Waals surface area contributed by atoms with Gasteiger partial charge < -0.3 is 10.3 Å². The number of hydrogen-bond donors (Lipinski definition) is 3. The van der Waals surface area contributed by atoms with Gasteiger partial charge in [0.1, 0.15) is 0 Å². The third-order valence-electron chi connectivity index (χ3n) is 4.66. The van der Waals surface area contributed by atoms with E-state index in [1.165, 1.54) is 11.3 Å². The summed E-state index contributed by atoms with van der Waals surface area (Å²) >= 11 is 1.45. The number of amides is 2. The van der Waals surface area contributed by atoms with E-state index in [1.54, 1.807) is 13.1 Å². The molecule has 0 saturated heterocycles. The highest BCUT2D eigenvalue weighted by Crippen LogP contribution is 2.19. The lowest BCUT2D eigenvalue weighted by atomic mass is 10.1. The maximum Gasteiger partial charge on any atom is 0.273 e. The van der Waals surface area contributed by atoms with E-state index in [4.69, 9.17) is 0 Å². The standard InChI is InChI=1S/C23H20N4O2S/c1-14-10-11-21(30-14)23(29)25-17-7-5-6-16(12-17)15(2)26-27-22(28)19-13-24-20-9-4-3-8-18(19)20/h3-13,24H,1-2H3,(H,25,29)(H,27,28)/b26-15+. The van der Waals surface area contributed by atoms with Crippen LogP contribution in [-0.4, -0.2) is 22.5 Å². The summed E-state index contributed by atoms with van der Waals surface area (Å²) < 4.78 is 0. The van der Waals surface area contributed by atoms with Crippen molar-refractivity contribution in [1.29, 1.82) is 0 Å². The van der Waals surface area contributed by atoms with E-state index in [9.17, 15) is 9.59 Å². The minimum Gasteiger partial charge on any atom is -0.360 e. The fourth-order valence-corrected chi connectivity index (χ4v) is 3.85. The summed E-state index contributed by atoms with van der Waals surface area (Å²) in [6, 6.07) is 18.7. The second kappa shape index (κ2) is 8.34. The minimum atomic E-state index is -0.288. The Morgan fingerprint density at radius 3 is 2.63 bits per heavy atom. The van der Waals surface area contributed by atoms with E-state index < -0.39 is 0 Å². The molecule has 2 heterocycles. The van der Waals surface area contributed by atoms with Crippen LogP contribution in [0.1, 0.15) is 37.4 Å². The summed E-state index contributed by atoms with van der Waals surface area (Å²) in [4.78, 5) is 29.7. The van der Waals surface area contributed by atoms with E-state index in [0.717, 1.165) is 21.3 Å². The number of hydrogen-bond acceptors (Lipinski definition) is 4. The number of aryl methyl sites for hydroxylation is 1. The van der Waals surface area contributed by atoms with Crippen LogP contribution in [0.2, 0.25) is 0 Å². The molecule has 0 aliphatic rings. The van der Waals surface area contributed by atoms with E-state index >= 15 is 0 Å². The van der Waals surface area contributed by atoms with E-state index in [0.29, 0.717) is 21.8 Å². The van der Waals surface area contributed by atoms with Crippen LogP contribution in [-0.2, 0) is 0 Å². The number of H-pyrrole nitrogens is 1. The van der Waals surface area contributed by atoms with Gasteiger partial charge in [0.25, 0.3) is 11.8 Å². The van der Waals surface area contributed by atoms with Gasteiger partial charge in [-0.15, -0.1) is 11.3 Å². The Kier molecular flexibility index (Phi) is 5.45. The van der Waals surface area contributed by atoms with Crippen molar-refractivity contribution in [2.24, 2.45) is 5.10 Å². The zero-order valence-electron chi connectivity index (χ0n) is 16.5. The Bertz CT molecular complexity index is 1270. The molecule has 4 aromatic rings. The number of nitrogens with zero attached hydrogens (tertiary/aromatic N) is 1. The number of aromatic amines is 1. The molecular weight excluding hydrogens is 396 g/mol. The number of hydrazone groups is 1. The third kappa shape index (κ3) is 4.16. The van der Waals surface area contributed by atoms with Crippen molar-refractivity contribution in [2.75, 3.05) is 5.32 Å². The average molecular weight is 417 g/mol. The fourth-order valence-electron chi connectivity index (χ4n) is 3.09. The summed E-state index contributed by atoms with van der Waals surface area (Å²) in [6.45, 7) is 3.77. The number of benzene rings is 2. The first-order valence-electron chi connectivity index (χ1n) is 9.40. The first-order valence-corrected chi connectivity index (χ1v) is 10.2. The summed E-state index contributed by atoms with van der Waals surface area (Å²) in [5.74, 6) is -0.434. The summed E-state index contributed by atoms with van der Waals surface area (Å²) in [7, 11) is 0. The molecule has 0 atom stereocenters. The van der Waals surface area contributed by atoms with Gasteiger partial charge in [-0.1, -0.05) is 30.3 Å². The van der Waals surface area contributed by atoms with Crippen LogP contribution in [0.25, 0.3) is 10.9 Å². The molecule has 0 aliphatic heterocycles. The van der Waals surface area contributed by atoms with Crippen LogP contribution in [0, 0.1) is 6.92 Å². The predicted molar refractivity (Wildman–Crippen MR) is 121 cm³/mol. The van der Waals surface area contributed by atoms with Crippen LogP contribution < -0.4 is 10.7 Å². The summed E-state index contributed by atoms with van der Waals surface area (Å²) in [6.07, 6.45) is 1.67. The first kappa shape index (κ1) is 19.6. The topological polar surface area (TPSA) is 86.3 Å². The number of anilines is 1. The van der Waals surface area contributed by atoms with Crippen molar-refractivity contribution < 1.29 is 9.59 Å². The third-order valence-corrected chi connectivity index (χ3v) is 5.66. The van der Waals surface area contributed by atoms with Crippen LogP contribution in [0.5, 0.6) is 0 Å². The molecule has 0 spiro atoms. The number of carbonyl (C=O) groups excluding carboxylic acids is 2. The van der Waals surface area contributed by atoms with Crippen molar-refractivity contribution in [3.05, 3.63) is 87.7 Å². The molecule has 4 rings (SSSR count). The Morgan fingerprint density at radius 1 is 1.00 bits per heavy atom. The van der Waals surface area contributed by atoms with Gasteiger partial charge in [-0.25, -0.2) is 5.43 Å². The molecule has 2 aromatic carbocycles. The molecule has 0 fully saturated rings. The number of nitrogens with one attached hydrogen (secondary N) is 3. The number of para-hydroxylation sites is 1. The van der Waals surface area contributed by atoms with Crippen molar-refractivity contribution >= 4 is 45.5 Å². The van der Waals surface area contributed by atoms with Gasteiger partial charge in [-0.05, 0) is 49.7 Å². The Hall–Kier alpha value is -3.71. The van der Waals surface area contributed by atoms with Gasteiger partial charge >= 0.3 is 0 Å². The smallest absolute Gasteiger partial charge is 0.273 e. The molecule has 7 heteroatoms. The number of thiophene rings is 1. The van der Waals surface area contributed by atoms with E-state index in [1.807, 2.05) is 67.6 Å². The number of fused-ring (bicyclic) bond motifs is 1. The van der Waals surface area contributed by atoms with Crippen molar-refractivity contribution in [2.45, 2.75) is 13.8 Å². The van der Waals surface area contributed by atoms with Gasteiger partial charge in [0.05, 0.1) is 16.2 Å². The van der Waals surface area contributed by atoms with Crippen LogP contribution in [0.4, 0.5) is 5.69 Å². The normalized spacial score (nSPS) is 11.5. The van der Waals surface area contributed by atoms with E-state index in [-0.39, 0.29) is 11.8 Å². The fraction of sp³-hybridized carbons (Fsp3) is 0.0870. The predicted octanol–water partition coefficient (Wildman–Crippen LogP) is 4.94. The second-order valence-electron chi connectivity index (χ2n) is 6.83. The number of rotatable bonds is 5. The lowest BCUT2D eigenvalue weighted by Gasteiger charge is -2.07. The van der Waals surface area contributed by atoms with Crippen molar-refractivity contribution in [3.8, 4) is 0 Å². The zero-order chi connectivity index (χ0) is 21.1. The minimum absolute atomic E-state index is 0.146. The molecule has 30 heavy (non-hydrogen) atoms. The van der Waals surface area contributed by atoms with Crippen LogP contribution >= 0.6 is 11.3 Å². The lowest BCUT2D eigenvalue weighted by molar-refractivity contribution is 0.0955. The SMILES string of the molecule is C/C(=N\NC(=O)c1c[nH]c2ccccc12)c1cccc(NC(=O)c2ccc(C)s2)c1. The number of aromatic nitrogens is 1. The van der Waals surface area contributed by atoms with Gasteiger partial charge in [-0.2, -0.15) is 5.10 Å². The Balaban J connectivity index is 1.47. The van der Waals surface area contributed by atoms with Crippen LogP contribution in [0.15, 0.2) is 72.0 Å². The molecule has 150 valence electrons.